The van der Waals surface area contributed by atoms with Crippen molar-refractivity contribution in [3.8, 4) is 18.4 Å². The van der Waals surface area contributed by atoms with Crippen LogP contribution in [-0.2, 0) is 10.0 Å². The molecule has 0 aliphatic rings. The van der Waals surface area contributed by atoms with Crippen LogP contribution in [0.1, 0.15) is 0 Å². The SMILES string of the molecule is C#CCN(CC#N)S(=O)(=O)c1cc(Br)ccc1Br. The first-order valence-electron chi connectivity index (χ1n) is 4.69. The minimum atomic E-state index is -3.79. The standard InChI is InChI=1S/C11H8Br2N2O2S/c1-2-6-15(7-5-14)18(16,17)11-8-9(12)3-4-10(11)13/h1,3-4,8H,6-7H2. The van der Waals surface area contributed by atoms with Gasteiger partial charge in [0.05, 0.1) is 17.5 Å². The Labute approximate surface area is 123 Å². The van der Waals surface area contributed by atoms with E-state index in [-0.39, 0.29) is 18.0 Å². The van der Waals surface area contributed by atoms with Crippen molar-refractivity contribution in [1.29, 1.82) is 5.26 Å². The van der Waals surface area contributed by atoms with E-state index in [2.05, 4.69) is 37.8 Å². The molecule has 7 heteroatoms. The highest BCUT2D eigenvalue weighted by Crippen LogP contribution is 2.28. The molecule has 0 saturated heterocycles. The normalized spacial score (nSPS) is 10.9. The van der Waals surface area contributed by atoms with E-state index in [0.29, 0.717) is 8.95 Å². The molecule has 0 aliphatic heterocycles. The van der Waals surface area contributed by atoms with Crippen molar-refractivity contribution in [2.45, 2.75) is 4.90 Å². The van der Waals surface area contributed by atoms with E-state index in [0.717, 1.165) is 4.31 Å². The zero-order valence-electron chi connectivity index (χ0n) is 9.10. The lowest BCUT2D eigenvalue weighted by Gasteiger charge is -2.17. The Balaban J connectivity index is 3.32. The number of nitrogens with zero attached hydrogens (tertiary/aromatic N) is 2. The molecule has 0 aromatic heterocycles. The lowest BCUT2D eigenvalue weighted by molar-refractivity contribution is 0.480. The first kappa shape index (κ1) is 15.2. The number of terminal acetylenes is 1. The van der Waals surface area contributed by atoms with Crippen molar-refractivity contribution in [3.63, 3.8) is 0 Å². The number of hydrogen-bond acceptors (Lipinski definition) is 3. The van der Waals surface area contributed by atoms with Gasteiger partial charge in [0.25, 0.3) is 0 Å². The third kappa shape index (κ3) is 3.33. The summed E-state index contributed by atoms with van der Waals surface area (Å²) in [6.45, 7) is -0.430. The van der Waals surface area contributed by atoms with E-state index in [1.165, 1.54) is 6.07 Å². The number of benzene rings is 1. The maximum atomic E-state index is 12.3. The Kier molecular flexibility index (Phi) is 5.36. The molecule has 94 valence electrons. The van der Waals surface area contributed by atoms with Gasteiger partial charge in [0.1, 0.15) is 6.54 Å². The zero-order chi connectivity index (χ0) is 13.8. The van der Waals surface area contributed by atoms with Gasteiger partial charge in [-0.25, -0.2) is 8.42 Å². The van der Waals surface area contributed by atoms with Crippen LogP contribution in [0.2, 0.25) is 0 Å². The minimum Gasteiger partial charge on any atom is -0.207 e. The molecule has 0 heterocycles. The van der Waals surface area contributed by atoms with Crippen LogP contribution in [0.3, 0.4) is 0 Å². The Morgan fingerprint density at radius 3 is 2.56 bits per heavy atom. The van der Waals surface area contributed by atoms with Crippen molar-refractivity contribution in [2.24, 2.45) is 0 Å². The van der Waals surface area contributed by atoms with Gasteiger partial charge in [-0.15, -0.1) is 6.42 Å². The molecule has 1 aromatic carbocycles. The van der Waals surface area contributed by atoms with Gasteiger partial charge in [-0.1, -0.05) is 21.9 Å². The highest BCUT2D eigenvalue weighted by Gasteiger charge is 2.26. The molecule has 0 bridgehead atoms. The van der Waals surface area contributed by atoms with E-state index in [1.807, 2.05) is 0 Å². The highest BCUT2D eigenvalue weighted by molar-refractivity contribution is 9.11. The Bertz CT molecular complexity index is 613. The third-order valence-electron chi connectivity index (χ3n) is 2.03. The van der Waals surface area contributed by atoms with Crippen molar-refractivity contribution in [3.05, 3.63) is 27.1 Å². The average molecular weight is 392 g/mol. The Morgan fingerprint density at radius 2 is 2.00 bits per heavy atom. The van der Waals surface area contributed by atoms with Crippen LogP contribution in [0, 0.1) is 23.7 Å². The molecule has 0 unspecified atom stereocenters. The first-order valence-corrected chi connectivity index (χ1v) is 7.71. The predicted octanol–water partition coefficient (Wildman–Crippen LogP) is 2.36. The van der Waals surface area contributed by atoms with Gasteiger partial charge in [-0.05, 0) is 34.1 Å². The van der Waals surface area contributed by atoms with Crippen LogP contribution in [0.4, 0.5) is 0 Å². The first-order chi connectivity index (χ1) is 8.43. The van der Waals surface area contributed by atoms with Gasteiger partial charge in [0.15, 0.2) is 0 Å². The van der Waals surface area contributed by atoms with Crippen LogP contribution >= 0.6 is 31.9 Å². The number of hydrogen-bond donors (Lipinski definition) is 0. The second-order valence-electron chi connectivity index (χ2n) is 3.21. The second-order valence-corrected chi connectivity index (χ2v) is 6.89. The van der Waals surface area contributed by atoms with Crippen LogP contribution in [0.15, 0.2) is 32.0 Å². The minimum absolute atomic E-state index is 0.0716. The molecule has 0 atom stereocenters. The summed E-state index contributed by atoms with van der Waals surface area (Å²) in [6, 6.07) is 6.56. The fourth-order valence-electron chi connectivity index (χ4n) is 1.22. The molecule has 0 N–H and O–H groups in total. The molecular weight excluding hydrogens is 384 g/mol. The van der Waals surface area contributed by atoms with Crippen molar-refractivity contribution >= 4 is 41.9 Å². The van der Waals surface area contributed by atoms with E-state index < -0.39 is 10.0 Å². The van der Waals surface area contributed by atoms with Crippen molar-refractivity contribution < 1.29 is 8.42 Å². The summed E-state index contributed by atoms with van der Waals surface area (Å²) in [7, 11) is -3.79. The second kappa shape index (κ2) is 6.35. The van der Waals surface area contributed by atoms with Crippen molar-refractivity contribution in [1.82, 2.24) is 4.31 Å². The fourth-order valence-corrected chi connectivity index (χ4v) is 3.93. The lowest BCUT2D eigenvalue weighted by Crippen LogP contribution is -2.32. The third-order valence-corrected chi connectivity index (χ3v) is 5.30. The molecule has 1 aromatic rings. The molecule has 0 aliphatic carbocycles. The molecule has 1 rings (SSSR count). The summed E-state index contributed by atoms with van der Waals surface area (Å²) < 4.78 is 26.6. The van der Waals surface area contributed by atoms with E-state index in [4.69, 9.17) is 11.7 Å². The average Bonchev–Trinajstić information content (AvgIpc) is 2.32. The van der Waals surface area contributed by atoms with Gasteiger partial charge in [0, 0.05) is 8.95 Å². The molecule has 4 nitrogen and oxygen atoms in total. The number of sulfonamides is 1. The molecule has 0 fully saturated rings. The maximum Gasteiger partial charge on any atom is 0.246 e. The van der Waals surface area contributed by atoms with Crippen LogP contribution in [0.25, 0.3) is 0 Å². The van der Waals surface area contributed by atoms with Gasteiger partial charge >= 0.3 is 0 Å². The van der Waals surface area contributed by atoms with Crippen LogP contribution in [-0.4, -0.2) is 25.8 Å². The number of halogens is 2. The maximum absolute atomic E-state index is 12.3. The van der Waals surface area contributed by atoms with Crippen LogP contribution < -0.4 is 0 Å². The smallest absolute Gasteiger partial charge is 0.207 e. The Hall–Kier alpha value is -0.860. The summed E-state index contributed by atoms with van der Waals surface area (Å²) in [6.07, 6.45) is 5.12. The summed E-state index contributed by atoms with van der Waals surface area (Å²) in [5.41, 5.74) is 0. The lowest BCUT2D eigenvalue weighted by atomic mass is 10.4. The van der Waals surface area contributed by atoms with Gasteiger partial charge < -0.3 is 0 Å². The fraction of sp³-hybridized carbons (Fsp3) is 0.182. The Morgan fingerprint density at radius 1 is 1.33 bits per heavy atom. The monoisotopic (exact) mass is 390 g/mol. The quantitative estimate of drug-likeness (QED) is 0.584. The van der Waals surface area contributed by atoms with Gasteiger partial charge in [-0.3, -0.25) is 0 Å². The largest absolute Gasteiger partial charge is 0.246 e. The summed E-state index contributed by atoms with van der Waals surface area (Å²) >= 11 is 6.38. The van der Waals surface area contributed by atoms with Gasteiger partial charge in [0.2, 0.25) is 10.0 Å². The van der Waals surface area contributed by atoms with E-state index in [9.17, 15) is 8.42 Å². The molecule has 18 heavy (non-hydrogen) atoms. The molecule has 0 amide bonds. The summed E-state index contributed by atoms with van der Waals surface area (Å²) in [4.78, 5) is 0.0716. The topological polar surface area (TPSA) is 61.2 Å². The van der Waals surface area contributed by atoms with Crippen LogP contribution in [0.5, 0.6) is 0 Å². The molecule has 0 saturated carbocycles. The van der Waals surface area contributed by atoms with Gasteiger partial charge in [-0.2, -0.15) is 9.57 Å². The van der Waals surface area contributed by atoms with E-state index >= 15 is 0 Å². The highest BCUT2D eigenvalue weighted by atomic mass is 79.9. The molecule has 0 radical (unpaired) electrons. The zero-order valence-corrected chi connectivity index (χ0v) is 13.1. The van der Waals surface area contributed by atoms with E-state index in [1.54, 1.807) is 18.2 Å². The number of rotatable bonds is 4. The van der Waals surface area contributed by atoms with Crippen molar-refractivity contribution in [2.75, 3.05) is 13.1 Å². The summed E-state index contributed by atoms with van der Waals surface area (Å²) in [5.74, 6) is 2.23. The molecule has 0 spiro atoms. The molecular formula is C11H8Br2N2O2S. The number of nitriles is 1. The summed E-state index contributed by atoms with van der Waals surface area (Å²) in [5, 5.41) is 8.65. The predicted molar refractivity (Wildman–Crippen MR) is 75.0 cm³/mol.